The van der Waals surface area contributed by atoms with Crippen LogP contribution in [0.1, 0.15) is 5.56 Å². The van der Waals surface area contributed by atoms with E-state index in [2.05, 4.69) is 5.32 Å². The second-order valence-electron chi connectivity index (χ2n) is 2.87. The molecule has 1 rings (SSSR count). The molecule has 0 spiro atoms. The second kappa shape index (κ2) is 5.73. The van der Waals surface area contributed by atoms with E-state index in [4.69, 9.17) is 11.6 Å². The highest BCUT2D eigenvalue weighted by atomic mass is 35.5. The lowest BCUT2D eigenvalue weighted by Gasteiger charge is -2.02. The van der Waals surface area contributed by atoms with Gasteiger partial charge in [0.1, 0.15) is 12.1 Å². The van der Waals surface area contributed by atoms with Gasteiger partial charge in [-0.15, -0.1) is 0 Å². The molecule has 76 valence electrons. The highest BCUT2D eigenvalue weighted by molar-refractivity contribution is 6.30. The summed E-state index contributed by atoms with van der Waals surface area (Å²) < 4.78 is 12.7. The lowest BCUT2D eigenvalue weighted by atomic mass is 10.1. The van der Waals surface area contributed by atoms with Crippen LogP contribution in [0.2, 0.25) is 5.02 Å². The molecule has 14 heavy (non-hydrogen) atoms. The maximum Gasteiger partial charge on any atom is 0.141 e. The first kappa shape index (κ1) is 11.1. The molecule has 0 fully saturated rings. The molecule has 1 N–H and O–H groups in total. The van der Waals surface area contributed by atoms with E-state index in [1.807, 2.05) is 0 Å². The zero-order valence-electron chi connectivity index (χ0n) is 7.59. The first-order valence-electron chi connectivity index (χ1n) is 4.32. The number of benzene rings is 1. The third-order valence-electron chi connectivity index (χ3n) is 1.80. The molecule has 0 atom stereocenters. The molecule has 1 aromatic rings. The maximum absolute atomic E-state index is 12.7. The van der Waals surface area contributed by atoms with Crippen molar-refractivity contribution in [2.24, 2.45) is 0 Å². The summed E-state index contributed by atoms with van der Waals surface area (Å²) >= 11 is 5.60. The summed E-state index contributed by atoms with van der Waals surface area (Å²) in [7, 11) is 0. The SMILES string of the molecule is O=CCNCCc1ccc(F)c(Cl)c1. The van der Waals surface area contributed by atoms with Crippen molar-refractivity contribution in [1.82, 2.24) is 5.32 Å². The van der Waals surface area contributed by atoms with E-state index in [-0.39, 0.29) is 5.02 Å². The van der Waals surface area contributed by atoms with Crippen LogP contribution in [0.25, 0.3) is 0 Å². The molecule has 0 aliphatic rings. The Kier molecular flexibility index (Phi) is 4.56. The van der Waals surface area contributed by atoms with E-state index >= 15 is 0 Å². The Bertz CT molecular complexity index is 317. The lowest BCUT2D eigenvalue weighted by Crippen LogP contribution is -2.19. The van der Waals surface area contributed by atoms with E-state index in [0.717, 1.165) is 18.3 Å². The van der Waals surface area contributed by atoms with E-state index in [9.17, 15) is 9.18 Å². The molecule has 0 bridgehead atoms. The van der Waals surface area contributed by atoms with Crippen molar-refractivity contribution < 1.29 is 9.18 Å². The van der Waals surface area contributed by atoms with E-state index in [1.54, 1.807) is 12.1 Å². The van der Waals surface area contributed by atoms with Crippen LogP contribution in [0.3, 0.4) is 0 Å². The van der Waals surface area contributed by atoms with E-state index in [1.165, 1.54) is 6.07 Å². The van der Waals surface area contributed by atoms with Crippen LogP contribution in [0.15, 0.2) is 18.2 Å². The fraction of sp³-hybridized carbons (Fsp3) is 0.300. The molecule has 0 amide bonds. The van der Waals surface area contributed by atoms with E-state index in [0.29, 0.717) is 13.1 Å². The van der Waals surface area contributed by atoms with Gasteiger partial charge < -0.3 is 10.1 Å². The van der Waals surface area contributed by atoms with Gasteiger partial charge in [0, 0.05) is 0 Å². The van der Waals surface area contributed by atoms with E-state index < -0.39 is 5.82 Å². The van der Waals surface area contributed by atoms with Crippen LogP contribution in [0.4, 0.5) is 4.39 Å². The van der Waals surface area contributed by atoms with Crippen molar-refractivity contribution in [1.29, 1.82) is 0 Å². The van der Waals surface area contributed by atoms with Crippen molar-refractivity contribution in [3.8, 4) is 0 Å². The lowest BCUT2D eigenvalue weighted by molar-refractivity contribution is -0.107. The number of rotatable bonds is 5. The normalized spacial score (nSPS) is 10.1. The number of hydrogen-bond donors (Lipinski definition) is 1. The quantitative estimate of drug-likeness (QED) is 0.600. The van der Waals surface area contributed by atoms with Crippen LogP contribution in [-0.4, -0.2) is 19.4 Å². The van der Waals surface area contributed by atoms with Gasteiger partial charge in [-0.05, 0) is 30.7 Å². The summed E-state index contributed by atoms with van der Waals surface area (Å²) in [5.41, 5.74) is 0.954. The number of nitrogens with one attached hydrogen (secondary N) is 1. The predicted octanol–water partition coefficient (Wildman–Crippen LogP) is 1.81. The van der Waals surface area contributed by atoms with Gasteiger partial charge in [0.05, 0.1) is 11.6 Å². The number of aldehydes is 1. The largest absolute Gasteiger partial charge is 0.310 e. The first-order valence-corrected chi connectivity index (χ1v) is 4.70. The Morgan fingerprint density at radius 2 is 2.29 bits per heavy atom. The maximum atomic E-state index is 12.7. The van der Waals surface area contributed by atoms with Crippen LogP contribution in [0, 0.1) is 5.82 Å². The van der Waals surface area contributed by atoms with Crippen molar-refractivity contribution in [3.63, 3.8) is 0 Å². The van der Waals surface area contributed by atoms with Crippen molar-refractivity contribution in [2.45, 2.75) is 6.42 Å². The van der Waals surface area contributed by atoms with Crippen molar-refractivity contribution in [2.75, 3.05) is 13.1 Å². The van der Waals surface area contributed by atoms with Crippen LogP contribution < -0.4 is 5.32 Å². The Balaban J connectivity index is 2.43. The second-order valence-corrected chi connectivity index (χ2v) is 3.28. The molecule has 0 unspecified atom stereocenters. The molecule has 4 heteroatoms. The molecule has 0 radical (unpaired) electrons. The van der Waals surface area contributed by atoms with Crippen molar-refractivity contribution in [3.05, 3.63) is 34.6 Å². The van der Waals surface area contributed by atoms with Crippen molar-refractivity contribution >= 4 is 17.9 Å². The minimum atomic E-state index is -0.406. The minimum Gasteiger partial charge on any atom is -0.310 e. The van der Waals surface area contributed by atoms with Gasteiger partial charge in [0.25, 0.3) is 0 Å². The van der Waals surface area contributed by atoms with Gasteiger partial charge in [-0.2, -0.15) is 0 Å². The Labute approximate surface area is 87.1 Å². The molecular weight excluding hydrogens is 205 g/mol. The number of hydrogen-bond acceptors (Lipinski definition) is 2. The molecular formula is C10H11ClFNO. The molecule has 2 nitrogen and oxygen atoms in total. The summed E-state index contributed by atoms with van der Waals surface area (Å²) in [5, 5.41) is 3.05. The Morgan fingerprint density at radius 1 is 1.50 bits per heavy atom. The van der Waals surface area contributed by atoms with Crippen LogP contribution in [-0.2, 0) is 11.2 Å². The van der Waals surface area contributed by atoms with Gasteiger partial charge in [-0.25, -0.2) is 4.39 Å². The van der Waals surface area contributed by atoms with Gasteiger partial charge in [0.2, 0.25) is 0 Å². The molecule has 0 aliphatic carbocycles. The van der Waals surface area contributed by atoms with Gasteiger partial charge >= 0.3 is 0 Å². The molecule has 0 heterocycles. The smallest absolute Gasteiger partial charge is 0.141 e. The number of carbonyl (C=O) groups is 1. The Morgan fingerprint density at radius 3 is 2.93 bits per heavy atom. The van der Waals surface area contributed by atoms with Gasteiger partial charge in [-0.1, -0.05) is 17.7 Å². The fourth-order valence-corrected chi connectivity index (χ4v) is 1.29. The zero-order valence-corrected chi connectivity index (χ0v) is 8.35. The first-order chi connectivity index (χ1) is 6.74. The number of halogens is 2. The summed E-state index contributed by atoms with van der Waals surface area (Å²) in [6.45, 7) is 1.02. The number of carbonyl (C=O) groups excluding carboxylic acids is 1. The molecule has 0 saturated heterocycles. The summed E-state index contributed by atoms with van der Waals surface area (Å²) in [4.78, 5) is 9.98. The summed E-state index contributed by atoms with van der Waals surface area (Å²) in [5.74, 6) is -0.406. The molecule has 0 aromatic heterocycles. The topological polar surface area (TPSA) is 29.1 Å². The minimum absolute atomic E-state index is 0.137. The van der Waals surface area contributed by atoms with Crippen LogP contribution >= 0.6 is 11.6 Å². The third-order valence-corrected chi connectivity index (χ3v) is 2.09. The third kappa shape index (κ3) is 3.44. The monoisotopic (exact) mass is 215 g/mol. The standard InChI is InChI=1S/C10H11ClFNO/c11-9-7-8(1-2-10(9)12)3-4-13-5-6-14/h1-2,6-7,13H,3-5H2. The highest BCUT2D eigenvalue weighted by Gasteiger charge is 2.00. The zero-order chi connectivity index (χ0) is 10.4. The molecule has 0 aliphatic heterocycles. The predicted molar refractivity (Wildman–Crippen MR) is 54.0 cm³/mol. The molecule has 0 saturated carbocycles. The fourth-order valence-electron chi connectivity index (χ4n) is 1.09. The van der Waals surface area contributed by atoms with Crippen LogP contribution in [0.5, 0.6) is 0 Å². The summed E-state index contributed by atoms with van der Waals surface area (Å²) in [6, 6.07) is 4.63. The average Bonchev–Trinajstić information content (AvgIpc) is 2.18. The van der Waals surface area contributed by atoms with Gasteiger partial charge in [-0.3, -0.25) is 0 Å². The Hall–Kier alpha value is -0.930. The molecule has 1 aromatic carbocycles. The average molecular weight is 216 g/mol. The summed E-state index contributed by atoms with van der Waals surface area (Å²) in [6.07, 6.45) is 1.53. The highest BCUT2D eigenvalue weighted by Crippen LogP contribution is 2.15. The van der Waals surface area contributed by atoms with Gasteiger partial charge in [0.15, 0.2) is 0 Å².